The van der Waals surface area contributed by atoms with E-state index in [1.165, 1.54) is 13.8 Å². The minimum atomic E-state index is -3.22. The summed E-state index contributed by atoms with van der Waals surface area (Å²) in [5, 5.41) is 0. The molecule has 2 aromatic carbocycles. The van der Waals surface area contributed by atoms with Crippen LogP contribution >= 0.6 is 7.60 Å². The summed E-state index contributed by atoms with van der Waals surface area (Å²) in [5.74, 6) is 0.114. The van der Waals surface area contributed by atoms with Gasteiger partial charge in [0.2, 0.25) is 0 Å². The smallest absolute Gasteiger partial charge is 0.376 e. The van der Waals surface area contributed by atoms with E-state index in [0.29, 0.717) is 5.75 Å². The maximum Gasteiger partial charge on any atom is 0.376 e. The summed E-state index contributed by atoms with van der Waals surface area (Å²) in [4.78, 5) is 11.2. The Hall–Kier alpha value is -2.10. The van der Waals surface area contributed by atoms with Crippen LogP contribution in [0.2, 0.25) is 0 Å². The molecule has 1 atom stereocenters. The van der Waals surface area contributed by atoms with Gasteiger partial charge in [-0.3, -0.25) is 9.32 Å². The lowest BCUT2D eigenvalue weighted by atomic mass is 10.1. The van der Waals surface area contributed by atoms with Gasteiger partial charge in [0.25, 0.3) is 0 Å². The van der Waals surface area contributed by atoms with Crippen LogP contribution in [-0.2, 0) is 31.6 Å². The van der Waals surface area contributed by atoms with Gasteiger partial charge >= 0.3 is 13.6 Å². The molecule has 0 aliphatic carbocycles. The van der Waals surface area contributed by atoms with E-state index in [9.17, 15) is 9.36 Å². The molecule has 1 unspecified atom stereocenters. The Bertz CT molecular complexity index is 682. The molecule has 0 saturated carbocycles. The van der Waals surface area contributed by atoms with Crippen molar-refractivity contribution in [3.05, 3.63) is 65.7 Å². The molecule has 0 aromatic heterocycles. The van der Waals surface area contributed by atoms with Crippen molar-refractivity contribution < 1.29 is 23.1 Å². The van der Waals surface area contributed by atoms with E-state index in [2.05, 4.69) is 4.74 Å². The normalized spacial score (nSPS) is 13.1. The molecule has 0 saturated heterocycles. The van der Waals surface area contributed by atoms with E-state index >= 15 is 0 Å². The topological polar surface area (TPSA) is 61.8 Å². The van der Waals surface area contributed by atoms with Crippen molar-refractivity contribution >= 4 is 13.6 Å². The zero-order chi connectivity index (χ0) is 16.7. The molecule has 0 heterocycles. The summed E-state index contributed by atoms with van der Waals surface area (Å²) in [7, 11) is -1.88. The van der Waals surface area contributed by atoms with Gasteiger partial charge in [0.15, 0.2) is 0 Å². The van der Waals surface area contributed by atoms with E-state index in [-0.39, 0.29) is 19.0 Å². The first-order chi connectivity index (χ1) is 11.0. The fourth-order valence-corrected chi connectivity index (χ4v) is 2.83. The first-order valence-corrected chi connectivity index (χ1v) is 9.09. The molecule has 0 radical (unpaired) electrons. The van der Waals surface area contributed by atoms with Gasteiger partial charge in [-0.05, 0) is 23.3 Å². The predicted molar refractivity (Wildman–Crippen MR) is 87.6 cm³/mol. The third-order valence-electron chi connectivity index (χ3n) is 3.08. The summed E-state index contributed by atoms with van der Waals surface area (Å²) in [6.07, 6.45) is 0.186. The molecule has 0 bridgehead atoms. The van der Waals surface area contributed by atoms with Crippen LogP contribution in [0.5, 0.6) is 5.75 Å². The molecule has 2 rings (SSSR count). The molecule has 5 nitrogen and oxygen atoms in total. The Morgan fingerprint density at radius 2 is 1.65 bits per heavy atom. The maximum atomic E-state index is 12.3. The van der Waals surface area contributed by atoms with E-state index in [4.69, 9.17) is 9.05 Å². The molecule has 6 heteroatoms. The predicted octanol–water partition coefficient (Wildman–Crippen LogP) is 3.82. The van der Waals surface area contributed by atoms with E-state index in [1.807, 2.05) is 30.3 Å². The monoisotopic (exact) mass is 334 g/mol. The van der Waals surface area contributed by atoms with Gasteiger partial charge in [0, 0.05) is 6.66 Å². The second kappa shape index (κ2) is 7.95. The van der Waals surface area contributed by atoms with Crippen molar-refractivity contribution in [3.8, 4) is 5.75 Å². The molecule has 0 aliphatic rings. The number of esters is 1. The SMILES string of the molecule is COC(=O)Cc1ccc(OP(C)(=O)OCc2ccccc2)cc1. The summed E-state index contributed by atoms with van der Waals surface area (Å²) in [6, 6.07) is 16.2. The first kappa shape index (κ1) is 17.3. The van der Waals surface area contributed by atoms with Gasteiger partial charge in [-0.25, -0.2) is 4.57 Å². The van der Waals surface area contributed by atoms with E-state index in [1.54, 1.807) is 24.3 Å². The molecule has 0 aliphatic heterocycles. The number of hydrogen-bond acceptors (Lipinski definition) is 5. The summed E-state index contributed by atoms with van der Waals surface area (Å²) in [6.45, 7) is 1.65. The highest BCUT2D eigenvalue weighted by molar-refractivity contribution is 7.53. The average Bonchev–Trinajstić information content (AvgIpc) is 2.55. The van der Waals surface area contributed by atoms with Crippen molar-refractivity contribution in [2.45, 2.75) is 13.0 Å². The van der Waals surface area contributed by atoms with Crippen LogP contribution in [0.3, 0.4) is 0 Å². The van der Waals surface area contributed by atoms with Crippen molar-refractivity contribution in [2.75, 3.05) is 13.8 Å². The molecular weight excluding hydrogens is 315 g/mol. The number of carbonyl (C=O) groups is 1. The second-order valence-corrected chi connectivity index (χ2v) is 7.00. The highest BCUT2D eigenvalue weighted by Crippen LogP contribution is 2.45. The number of ether oxygens (including phenoxy) is 1. The van der Waals surface area contributed by atoms with E-state index < -0.39 is 7.60 Å². The number of carbonyl (C=O) groups excluding carboxylic acids is 1. The van der Waals surface area contributed by atoms with Crippen LogP contribution in [0.15, 0.2) is 54.6 Å². The Balaban J connectivity index is 1.92. The fraction of sp³-hybridized carbons (Fsp3) is 0.235. The van der Waals surface area contributed by atoms with Crippen molar-refractivity contribution in [3.63, 3.8) is 0 Å². The zero-order valence-electron chi connectivity index (χ0n) is 13.1. The fourth-order valence-electron chi connectivity index (χ4n) is 1.89. The van der Waals surface area contributed by atoms with Crippen LogP contribution in [-0.4, -0.2) is 19.7 Å². The number of benzene rings is 2. The van der Waals surface area contributed by atoms with Gasteiger partial charge in [-0.1, -0.05) is 42.5 Å². The summed E-state index contributed by atoms with van der Waals surface area (Å²) in [5.41, 5.74) is 1.71. The van der Waals surface area contributed by atoms with Gasteiger partial charge in [-0.2, -0.15) is 0 Å². The van der Waals surface area contributed by atoms with E-state index in [0.717, 1.165) is 11.1 Å². The highest BCUT2D eigenvalue weighted by atomic mass is 31.2. The minimum absolute atomic E-state index is 0.186. The van der Waals surface area contributed by atoms with Crippen LogP contribution in [0, 0.1) is 0 Å². The molecule has 0 spiro atoms. The molecule has 0 amide bonds. The van der Waals surface area contributed by atoms with Crippen LogP contribution in [0.25, 0.3) is 0 Å². The number of methoxy groups -OCH3 is 1. The lowest BCUT2D eigenvalue weighted by Crippen LogP contribution is -2.04. The minimum Gasteiger partial charge on any atom is -0.469 e. The third-order valence-corrected chi connectivity index (χ3v) is 4.22. The van der Waals surface area contributed by atoms with Crippen molar-refractivity contribution in [1.82, 2.24) is 0 Å². The lowest BCUT2D eigenvalue weighted by Gasteiger charge is -2.15. The Morgan fingerprint density at radius 1 is 1.00 bits per heavy atom. The Morgan fingerprint density at radius 3 is 2.26 bits per heavy atom. The van der Waals surface area contributed by atoms with Gasteiger partial charge < -0.3 is 9.26 Å². The van der Waals surface area contributed by atoms with Gasteiger partial charge in [-0.15, -0.1) is 0 Å². The average molecular weight is 334 g/mol. The number of hydrogen-bond donors (Lipinski definition) is 0. The number of rotatable bonds is 7. The molecule has 0 N–H and O–H groups in total. The Labute approximate surface area is 135 Å². The first-order valence-electron chi connectivity index (χ1n) is 7.10. The molecular formula is C17H19O5P. The second-order valence-electron chi connectivity index (χ2n) is 5.02. The van der Waals surface area contributed by atoms with Crippen LogP contribution in [0.4, 0.5) is 0 Å². The lowest BCUT2D eigenvalue weighted by molar-refractivity contribution is -0.139. The summed E-state index contributed by atoms with van der Waals surface area (Å²) < 4.78 is 27.8. The van der Waals surface area contributed by atoms with Crippen LogP contribution in [0.1, 0.15) is 11.1 Å². The van der Waals surface area contributed by atoms with Gasteiger partial charge in [0.05, 0.1) is 20.1 Å². The largest absolute Gasteiger partial charge is 0.469 e. The van der Waals surface area contributed by atoms with Crippen molar-refractivity contribution in [2.24, 2.45) is 0 Å². The molecule has 122 valence electrons. The molecule has 23 heavy (non-hydrogen) atoms. The third kappa shape index (κ3) is 5.89. The quantitative estimate of drug-likeness (QED) is 0.569. The van der Waals surface area contributed by atoms with Gasteiger partial charge in [0.1, 0.15) is 5.75 Å². The zero-order valence-corrected chi connectivity index (χ0v) is 14.0. The molecule has 2 aromatic rings. The highest BCUT2D eigenvalue weighted by Gasteiger charge is 2.18. The molecule has 0 fully saturated rings. The maximum absolute atomic E-state index is 12.3. The Kier molecular flexibility index (Phi) is 5.97. The summed E-state index contributed by atoms with van der Waals surface area (Å²) >= 11 is 0. The standard InChI is InChI=1S/C17H19O5P/c1-20-17(18)12-14-8-10-16(11-9-14)22-23(2,19)21-13-15-6-4-3-5-7-15/h3-11H,12-13H2,1-2H3. The van der Waals surface area contributed by atoms with Crippen molar-refractivity contribution in [1.29, 1.82) is 0 Å². The van der Waals surface area contributed by atoms with Crippen LogP contribution < -0.4 is 4.52 Å².